The van der Waals surface area contributed by atoms with Gasteiger partial charge in [0.05, 0.1) is 0 Å². The first-order valence-electron chi connectivity index (χ1n) is 6.92. The van der Waals surface area contributed by atoms with Crippen LogP contribution in [0.25, 0.3) is 0 Å². The Balaban J connectivity index is 1.82. The van der Waals surface area contributed by atoms with E-state index in [2.05, 4.69) is 21.2 Å². The van der Waals surface area contributed by atoms with Crippen molar-refractivity contribution in [2.75, 3.05) is 18.5 Å². The summed E-state index contributed by atoms with van der Waals surface area (Å²) < 4.78 is 6.61. The molecule has 1 unspecified atom stereocenters. The first-order chi connectivity index (χ1) is 10.0. The molecule has 3 nitrogen and oxygen atoms in total. The summed E-state index contributed by atoms with van der Waals surface area (Å²) in [5.74, 6) is 0.785. The quantitative estimate of drug-likeness (QED) is 0.830. The first kappa shape index (κ1) is 15.9. The standard InChI is InChI=1S/C17H20BrNO2/c1-12-4-3-5-16(8-12)21-11-15(20)10-19-17-9-14(18)7-6-13(17)2/h3-9,15,19-20H,10-11H2,1-2H3. The molecular weight excluding hydrogens is 330 g/mol. The number of aryl methyl sites for hydroxylation is 2. The number of benzene rings is 2. The van der Waals surface area contributed by atoms with Gasteiger partial charge in [-0.15, -0.1) is 0 Å². The molecule has 2 aromatic carbocycles. The van der Waals surface area contributed by atoms with E-state index in [0.29, 0.717) is 6.54 Å². The van der Waals surface area contributed by atoms with E-state index in [9.17, 15) is 5.11 Å². The van der Waals surface area contributed by atoms with E-state index >= 15 is 0 Å². The molecule has 2 aromatic rings. The largest absolute Gasteiger partial charge is 0.491 e. The number of ether oxygens (including phenoxy) is 1. The summed E-state index contributed by atoms with van der Waals surface area (Å²) in [6.45, 7) is 4.76. The van der Waals surface area contributed by atoms with Gasteiger partial charge in [0.1, 0.15) is 18.5 Å². The smallest absolute Gasteiger partial charge is 0.119 e. The van der Waals surface area contributed by atoms with Crippen molar-refractivity contribution in [1.82, 2.24) is 0 Å². The first-order valence-corrected chi connectivity index (χ1v) is 7.71. The maximum Gasteiger partial charge on any atom is 0.119 e. The fourth-order valence-electron chi connectivity index (χ4n) is 1.97. The average molecular weight is 350 g/mol. The van der Waals surface area contributed by atoms with E-state index < -0.39 is 6.10 Å². The predicted octanol–water partition coefficient (Wildman–Crippen LogP) is 3.92. The molecule has 1 atom stereocenters. The molecule has 0 fully saturated rings. The molecule has 0 radical (unpaired) electrons. The summed E-state index contributed by atoms with van der Waals surface area (Å²) in [5, 5.41) is 13.2. The molecule has 0 aliphatic carbocycles. The van der Waals surface area contributed by atoms with Gasteiger partial charge < -0.3 is 15.2 Å². The van der Waals surface area contributed by atoms with Crippen LogP contribution in [0.4, 0.5) is 5.69 Å². The van der Waals surface area contributed by atoms with Crippen molar-refractivity contribution in [3.05, 3.63) is 58.1 Å². The molecule has 0 heterocycles. The van der Waals surface area contributed by atoms with Crippen molar-refractivity contribution >= 4 is 21.6 Å². The topological polar surface area (TPSA) is 41.5 Å². The molecule has 112 valence electrons. The maximum absolute atomic E-state index is 10.0. The van der Waals surface area contributed by atoms with Gasteiger partial charge >= 0.3 is 0 Å². The normalized spacial score (nSPS) is 12.0. The van der Waals surface area contributed by atoms with Gasteiger partial charge in [-0.1, -0.05) is 34.1 Å². The van der Waals surface area contributed by atoms with Gasteiger partial charge in [-0.3, -0.25) is 0 Å². The predicted molar refractivity (Wildman–Crippen MR) is 90.0 cm³/mol. The van der Waals surface area contributed by atoms with Gasteiger partial charge in [0.15, 0.2) is 0 Å². The molecular formula is C17H20BrNO2. The van der Waals surface area contributed by atoms with Crippen LogP contribution in [0.15, 0.2) is 46.9 Å². The second-order valence-electron chi connectivity index (χ2n) is 5.12. The van der Waals surface area contributed by atoms with Crippen molar-refractivity contribution in [3.8, 4) is 5.75 Å². The minimum atomic E-state index is -0.566. The summed E-state index contributed by atoms with van der Waals surface area (Å²) in [4.78, 5) is 0. The van der Waals surface area contributed by atoms with Gasteiger partial charge in [0.2, 0.25) is 0 Å². The Hall–Kier alpha value is -1.52. The highest BCUT2D eigenvalue weighted by Crippen LogP contribution is 2.20. The van der Waals surface area contributed by atoms with Gasteiger partial charge in [0.25, 0.3) is 0 Å². The third-order valence-corrected chi connectivity index (χ3v) is 3.65. The van der Waals surface area contributed by atoms with Crippen molar-refractivity contribution in [2.45, 2.75) is 20.0 Å². The number of anilines is 1. The highest BCUT2D eigenvalue weighted by molar-refractivity contribution is 9.10. The van der Waals surface area contributed by atoms with E-state index in [-0.39, 0.29) is 6.61 Å². The summed E-state index contributed by atoms with van der Waals surface area (Å²) in [6.07, 6.45) is -0.566. The van der Waals surface area contributed by atoms with Crippen molar-refractivity contribution in [3.63, 3.8) is 0 Å². The molecule has 2 N–H and O–H groups in total. The summed E-state index contributed by atoms with van der Waals surface area (Å²) >= 11 is 3.44. The lowest BCUT2D eigenvalue weighted by Gasteiger charge is -2.15. The van der Waals surface area contributed by atoms with Crippen molar-refractivity contribution < 1.29 is 9.84 Å². The molecule has 0 spiro atoms. The second-order valence-corrected chi connectivity index (χ2v) is 6.04. The molecule has 21 heavy (non-hydrogen) atoms. The van der Waals surface area contributed by atoms with Gasteiger partial charge in [0, 0.05) is 16.7 Å². The summed E-state index contributed by atoms with van der Waals surface area (Å²) in [6, 6.07) is 13.8. The van der Waals surface area contributed by atoms with Crippen LogP contribution in [0.3, 0.4) is 0 Å². The number of aliphatic hydroxyl groups excluding tert-OH is 1. The maximum atomic E-state index is 10.0. The number of rotatable bonds is 6. The van der Waals surface area contributed by atoms with Crippen LogP contribution in [0.5, 0.6) is 5.75 Å². The average Bonchev–Trinajstić information content (AvgIpc) is 2.46. The number of hydrogen-bond acceptors (Lipinski definition) is 3. The number of hydrogen-bond donors (Lipinski definition) is 2. The minimum absolute atomic E-state index is 0.267. The summed E-state index contributed by atoms with van der Waals surface area (Å²) in [5.41, 5.74) is 3.30. The van der Waals surface area contributed by atoms with Gasteiger partial charge in [-0.2, -0.15) is 0 Å². The molecule has 0 aliphatic heterocycles. The monoisotopic (exact) mass is 349 g/mol. The lowest BCUT2D eigenvalue weighted by atomic mass is 10.2. The molecule has 2 rings (SSSR count). The van der Waals surface area contributed by atoms with E-state index in [0.717, 1.165) is 27.0 Å². The highest BCUT2D eigenvalue weighted by atomic mass is 79.9. The molecule has 0 saturated heterocycles. The van der Waals surface area contributed by atoms with E-state index in [1.807, 2.05) is 56.3 Å². The molecule has 0 aliphatic rings. The zero-order valence-electron chi connectivity index (χ0n) is 12.3. The number of nitrogens with one attached hydrogen (secondary N) is 1. The van der Waals surface area contributed by atoms with Crippen LogP contribution in [0.2, 0.25) is 0 Å². The van der Waals surface area contributed by atoms with Crippen LogP contribution in [-0.2, 0) is 0 Å². The second kappa shape index (κ2) is 7.48. The Labute approximate surface area is 134 Å². The van der Waals surface area contributed by atoms with E-state index in [1.165, 1.54) is 0 Å². The Kier molecular flexibility index (Phi) is 5.65. The van der Waals surface area contributed by atoms with Crippen LogP contribution in [-0.4, -0.2) is 24.4 Å². The molecule has 0 amide bonds. The van der Waals surface area contributed by atoms with E-state index in [1.54, 1.807) is 0 Å². The molecule has 0 saturated carbocycles. The minimum Gasteiger partial charge on any atom is -0.491 e. The van der Waals surface area contributed by atoms with Gasteiger partial charge in [-0.25, -0.2) is 0 Å². The lowest BCUT2D eigenvalue weighted by molar-refractivity contribution is 0.117. The molecule has 4 heteroatoms. The Morgan fingerprint density at radius 2 is 2.00 bits per heavy atom. The van der Waals surface area contributed by atoms with Crippen LogP contribution < -0.4 is 10.1 Å². The zero-order chi connectivity index (χ0) is 15.2. The third kappa shape index (κ3) is 5.06. The Morgan fingerprint density at radius 1 is 1.19 bits per heavy atom. The lowest BCUT2D eigenvalue weighted by Crippen LogP contribution is -2.26. The summed E-state index contributed by atoms with van der Waals surface area (Å²) in [7, 11) is 0. The molecule has 0 bridgehead atoms. The fraction of sp³-hybridized carbons (Fsp3) is 0.294. The molecule has 0 aromatic heterocycles. The number of aliphatic hydroxyl groups is 1. The number of halogens is 1. The zero-order valence-corrected chi connectivity index (χ0v) is 13.9. The fourth-order valence-corrected chi connectivity index (χ4v) is 2.33. The van der Waals surface area contributed by atoms with E-state index in [4.69, 9.17) is 4.74 Å². The van der Waals surface area contributed by atoms with Gasteiger partial charge in [-0.05, 0) is 49.2 Å². The Bertz CT molecular complexity index is 601. The Morgan fingerprint density at radius 3 is 2.76 bits per heavy atom. The SMILES string of the molecule is Cc1cccc(OCC(O)CNc2cc(Br)ccc2C)c1. The highest BCUT2D eigenvalue weighted by Gasteiger charge is 2.07. The van der Waals surface area contributed by atoms with Crippen LogP contribution in [0.1, 0.15) is 11.1 Å². The van der Waals surface area contributed by atoms with Crippen molar-refractivity contribution in [2.24, 2.45) is 0 Å². The van der Waals surface area contributed by atoms with Crippen molar-refractivity contribution in [1.29, 1.82) is 0 Å². The van der Waals surface area contributed by atoms with Crippen LogP contribution in [0, 0.1) is 13.8 Å². The third-order valence-electron chi connectivity index (χ3n) is 3.16. The van der Waals surface area contributed by atoms with Crippen LogP contribution >= 0.6 is 15.9 Å².